The molecule has 0 saturated carbocycles. The zero-order valence-electron chi connectivity index (χ0n) is 10.7. The molecule has 0 bridgehead atoms. The van der Waals surface area contributed by atoms with Crippen LogP contribution in [-0.2, 0) is 0 Å². The number of rotatable bonds is 5. The van der Waals surface area contributed by atoms with E-state index in [1.54, 1.807) is 0 Å². The van der Waals surface area contributed by atoms with E-state index in [1.165, 1.54) is 25.9 Å². The van der Waals surface area contributed by atoms with Gasteiger partial charge < -0.3 is 10.6 Å². The lowest BCUT2D eigenvalue weighted by Crippen LogP contribution is -2.44. The van der Waals surface area contributed by atoms with Crippen molar-refractivity contribution in [2.45, 2.75) is 51.2 Å². The second-order valence-electron chi connectivity index (χ2n) is 5.36. The fourth-order valence-electron chi connectivity index (χ4n) is 2.73. The summed E-state index contributed by atoms with van der Waals surface area (Å²) >= 11 is 0. The van der Waals surface area contributed by atoms with Gasteiger partial charge in [-0.25, -0.2) is 0 Å². The maximum Gasteiger partial charge on any atom is 0.0226 e. The highest BCUT2D eigenvalue weighted by Gasteiger charge is 2.28. The number of likely N-dealkylation sites (tertiary alicyclic amines) is 1. The summed E-state index contributed by atoms with van der Waals surface area (Å²) in [4.78, 5) is 4.94. The van der Waals surface area contributed by atoms with Crippen LogP contribution in [-0.4, -0.2) is 55.1 Å². The molecule has 15 heavy (non-hydrogen) atoms. The van der Waals surface area contributed by atoms with Crippen LogP contribution in [0.25, 0.3) is 0 Å². The third kappa shape index (κ3) is 4.09. The number of hydrogen-bond donors (Lipinski definition) is 1. The van der Waals surface area contributed by atoms with Crippen molar-refractivity contribution in [1.29, 1.82) is 0 Å². The smallest absolute Gasteiger partial charge is 0.0226 e. The Morgan fingerprint density at radius 1 is 1.40 bits per heavy atom. The Labute approximate surface area is 94.6 Å². The van der Waals surface area contributed by atoms with Gasteiger partial charge in [0.1, 0.15) is 0 Å². The molecule has 1 rings (SSSR count). The minimum atomic E-state index is 0.320. The van der Waals surface area contributed by atoms with Crippen molar-refractivity contribution < 1.29 is 0 Å². The Balaban J connectivity index is 2.44. The Morgan fingerprint density at radius 3 is 2.60 bits per heavy atom. The largest absolute Gasteiger partial charge is 0.328 e. The van der Waals surface area contributed by atoms with Gasteiger partial charge >= 0.3 is 0 Å². The van der Waals surface area contributed by atoms with Gasteiger partial charge in [-0.05, 0) is 53.8 Å². The van der Waals surface area contributed by atoms with E-state index in [0.29, 0.717) is 12.1 Å². The molecule has 0 amide bonds. The second kappa shape index (κ2) is 5.83. The lowest BCUT2D eigenvalue weighted by Gasteiger charge is -2.33. The summed E-state index contributed by atoms with van der Waals surface area (Å²) in [6, 6.07) is 1.70. The van der Waals surface area contributed by atoms with Gasteiger partial charge in [0.25, 0.3) is 0 Å². The molecule has 0 aromatic heterocycles. The standard InChI is InChI=1S/C12H27N3/c1-10(13)8-11(2)15-7-5-6-12(15)9-14(3)4/h10-12H,5-9,13H2,1-4H3. The van der Waals surface area contributed by atoms with Gasteiger partial charge in [0.05, 0.1) is 0 Å². The van der Waals surface area contributed by atoms with E-state index in [-0.39, 0.29) is 0 Å². The molecule has 3 heteroatoms. The van der Waals surface area contributed by atoms with Gasteiger partial charge in [0.15, 0.2) is 0 Å². The molecule has 0 aromatic carbocycles. The Bertz CT molecular complexity index is 180. The van der Waals surface area contributed by atoms with Gasteiger partial charge in [-0.3, -0.25) is 4.90 Å². The molecular weight excluding hydrogens is 186 g/mol. The summed E-state index contributed by atoms with van der Waals surface area (Å²) in [6.45, 7) is 6.86. The van der Waals surface area contributed by atoms with Crippen LogP contribution < -0.4 is 5.73 Å². The summed E-state index contributed by atoms with van der Waals surface area (Å²) < 4.78 is 0. The maximum atomic E-state index is 5.87. The van der Waals surface area contributed by atoms with Crippen LogP contribution in [0.15, 0.2) is 0 Å². The second-order valence-corrected chi connectivity index (χ2v) is 5.36. The van der Waals surface area contributed by atoms with E-state index in [4.69, 9.17) is 5.73 Å². The van der Waals surface area contributed by atoms with Crippen LogP contribution in [0.3, 0.4) is 0 Å². The van der Waals surface area contributed by atoms with Gasteiger partial charge in [-0.1, -0.05) is 0 Å². The molecule has 0 spiro atoms. The molecule has 1 aliphatic heterocycles. The Morgan fingerprint density at radius 2 is 2.07 bits per heavy atom. The minimum Gasteiger partial charge on any atom is -0.328 e. The molecule has 90 valence electrons. The molecule has 3 unspecified atom stereocenters. The van der Waals surface area contributed by atoms with Crippen LogP contribution in [0.4, 0.5) is 0 Å². The number of hydrogen-bond acceptors (Lipinski definition) is 3. The maximum absolute atomic E-state index is 5.87. The van der Waals surface area contributed by atoms with Crippen molar-refractivity contribution in [3.05, 3.63) is 0 Å². The summed E-state index contributed by atoms with van der Waals surface area (Å²) in [5.41, 5.74) is 5.87. The van der Waals surface area contributed by atoms with Crippen molar-refractivity contribution in [2.24, 2.45) is 5.73 Å². The van der Waals surface area contributed by atoms with Gasteiger partial charge in [0, 0.05) is 24.7 Å². The van der Waals surface area contributed by atoms with Gasteiger partial charge in [0.2, 0.25) is 0 Å². The number of nitrogens with zero attached hydrogens (tertiary/aromatic N) is 2. The van der Waals surface area contributed by atoms with Gasteiger partial charge in [-0.15, -0.1) is 0 Å². The van der Waals surface area contributed by atoms with E-state index in [1.807, 2.05) is 0 Å². The first-order chi connectivity index (χ1) is 7.00. The van der Waals surface area contributed by atoms with E-state index < -0.39 is 0 Å². The Hall–Kier alpha value is -0.120. The first-order valence-electron chi connectivity index (χ1n) is 6.16. The first kappa shape index (κ1) is 12.9. The molecule has 1 aliphatic rings. The van der Waals surface area contributed by atoms with Crippen molar-refractivity contribution in [2.75, 3.05) is 27.2 Å². The predicted octanol–water partition coefficient (Wildman–Crippen LogP) is 1.14. The van der Waals surface area contributed by atoms with Crippen molar-refractivity contribution in [3.63, 3.8) is 0 Å². The van der Waals surface area contributed by atoms with Crippen molar-refractivity contribution in [3.8, 4) is 0 Å². The van der Waals surface area contributed by atoms with Crippen LogP contribution >= 0.6 is 0 Å². The lowest BCUT2D eigenvalue weighted by atomic mass is 10.1. The topological polar surface area (TPSA) is 32.5 Å². The number of likely N-dealkylation sites (N-methyl/N-ethyl adjacent to an activating group) is 1. The average molecular weight is 213 g/mol. The van der Waals surface area contributed by atoms with E-state index in [0.717, 1.165) is 12.5 Å². The lowest BCUT2D eigenvalue weighted by molar-refractivity contribution is 0.151. The molecule has 1 heterocycles. The molecule has 0 radical (unpaired) electrons. The summed E-state index contributed by atoms with van der Waals surface area (Å²) in [7, 11) is 4.32. The minimum absolute atomic E-state index is 0.320. The van der Waals surface area contributed by atoms with E-state index >= 15 is 0 Å². The molecule has 0 aliphatic carbocycles. The first-order valence-corrected chi connectivity index (χ1v) is 6.16. The highest BCUT2D eigenvalue weighted by Crippen LogP contribution is 2.22. The van der Waals surface area contributed by atoms with E-state index in [9.17, 15) is 0 Å². The summed E-state index contributed by atoms with van der Waals surface area (Å²) in [5.74, 6) is 0. The molecule has 3 nitrogen and oxygen atoms in total. The molecule has 0 aromatic rings. The number of nitrogens with two attached hydrogens (primary N) is 1. The summed E-state index contributed by atoms with van der Waals surface area (Å²) in [6.07, 6.45) is 3.81. The normalized spacial score (nSPS) is 27.2. The monoisotopic (exact) mass is 213 g/mol. The molecule has 2 N–H and O–H groups in total. The zero-order valence-corrected chi connectivity index (χ0v) is 10.7. The average Bonchev–Trinajstić information content (AvgIpc) is 2.49. The Kier molecular flexibility index (Phi) is 5.03. The predicted molar refractivity (Wildman–Crippen MR) is 66.0 cm³/mol. The molecule has 3 atom stereocenters. The van der Waals surface area contributed by atoms with Crippen molar-refractivity contribution in [1.82, 2.24) is 9.80 Å². The third-order valence-electron chi connectivity index (χ3n) is 3.28. The molecule has 1 fully saturated rings. The highest BCUT2D eigenvalue weighted by atomic mass is 15.2. The molecule has 1 saturated heterocycles. The quantitative estimate of drug-likeness (QED) is 0.743. The van der Waals surface area contributed by atoms with Gasteiger partial charge in [-0.2, -0.15) is 0 Å². The van der Waals surface area contributed by atoms with Crippen LogP contribution in [0.1, 0.15) is 33.1 Å². The van der Waals surface area contributed by atoms with Crippen LogP contribution in [0.5, 0.6) is 0 Å². The zero-order chi connectivity index (χ0) is 11.4. The molecular formula is C12H27N3. The third-order valence-corrected chi connectivity index (χ3v) is 3.28. The fraction of sp³-hybridized carbons (Fsp3) is 1.00. The van der Waals surface area contributed by atoms with Crippen molar-refractivity contribution >= 4 is 0 Å². The summed E-state index contributed by atoms with van der Waals surface area (Å²) in [5, 5.41) is 0. The SMILES string of the molecule is CC(N)CC(C)N1CCCC1CN(C)C. The highest BCUT2D eigenvalue weighted by molar-refractivity contribution is 4.85. The van der Waals surface area contributed by atoms with Crippen LogP contribution in [0.2, 0.25) is 0 Å². The van der Waals surface area contributed by atoms with E-state index in [2.05, 4.69) is 37.7 Å². The van der Waals surface area contributed by atoms with Crippen LogP contribution in [0, 0.1) is 0 Å². The fourth-order valence-corrected chi connectivity index (χ4v) is 2.73.